The molecule has 1 aliphatic carbocycles. The van der Waals surface area contributed by atoms with E-state index in [1.165, 1.54) is 0 Å². The van der Waals surface area contributed by atoms with Crippen LogP contribution in [0.25, 0.3) is 0 Å². The van der Waals surface area contributed by atoms with Crippen LogP contribution in [0.3, 0.4) is 0 Å². The van der Waals surface area contributed by atoms with Crippen molar-refractivity contribution in [2.75, 3.05) is 19.8 Å². The molecule has 0 aromatic rings. The maximum Gasteiger partial charge on any atom is 0.411 e. The monoisotopic (exact) mass is 211 g/mol. The average molecular weight is 211 g/mol. The molecule has 0 aliphatic heterocycles. The van der Waals surface area contributed by atoms with Gasteiger partial charge in [-0.3, -0.25) is 0 Å². The van der Waals surface area contributed by atoms with E-state index in [4.69, 9.17) is 5.73 Å². The van der Waals surface area contributed by atoms with E-state index in [2.05, 4.69) is 4.74 Å². The van der Waals surface area contributed by atoms with Crippen LogP contribution in [0.1, 0.15) is 19.3 Å². The second-order valence-electron chi connectivity index (χ2n) is 3.82. The van der Waals surface area contributed by atoms with Crippen LogP contribution < -0.4 is 5.73 Å². The molecule has 1 saturated carbocycles. The lowest BCUT2D eigenvalue weighted by Gasteiger charge is -2.18. The van der Waals surface area contributed by atoms with Gasteiger partial charge in [0.15, 0.2) is 0 Å². The molecular weight excluding hydrogens is 195 g/mol. The molecular formula is C9H16F3NO. The maximum atomic E-state index is 11.8. The largest absolute Gasteiger partial charge is 0.411 e. The first-order valence-electron chi connectivity index (χ1n) is 4.87. The third kappa shape index (κ3) is 3.84. The van der Waals surface area contributed by atoms with Gasteiger partial charge in [0.05, 0.1) is 6.61 Å². The van der Waals surface area contributed by atoms with Crippen molar-refractivity contribution in [1.82, 2.24) is 0 Å². The van der Waals surface area contributed by atoms with Crippen molar-refractivity contribution in [3.05, 3.63) is 0 Å². The van der Waals surface area contributed by atoms with E-state index in [0.717, 1.165) is 19.3 Å². The highest BCUT2D eigenvalue weighted by molar-refractivity contribution is 4.77. The molecule has 0 bridgehead atoms. The highest BCUT2D eigenvalue weighted by Gasteiger charge is 2.30. The second-order valence-corrected chi connectivity index (χ2v) is 3.82. The first kappa shape index (κ1) is 11.8. The van der Waals surface area contributed by atoms with Crippen molar-refractivity contribution in [1.29, 1.82) is 0 Å². The molecule has 0 aromatic heterocycles. The van der Waals surface area contributed by atoms with E-state index in [-0.39, 0.29) is 12.5 Å². The van der Waals surface area contributed by atoms with E-state index in [0.29, 0.717) is 12.5 Å². The van der Waals surface area contributed by atoms with Crippen LogP contribution in [-0.4, -0.2) is 25.9 Å². The average Bonchev–Trinajstić information content (AvgIpc) is 2.49. The Morgan fingerprint density at radius 2 is 1.86 bits per heavy atom. The van der Waals surface area contributed by atoms with Gasteiger partial charge in [-0.05, 0) is 31.2 Å². The SMILES string of the molecule is NCC1CCCC1COCC(F)(F)F. The summed E-state index contributed by atoms with van der Waals surface area (Å²) in [6.45, 7) is -0.387. The predicted octanol–water partition coefficient (Wildman–Crippen LogP) is 1.94. The molecule has 0 amide bonds. The molecule has 0 radical (unpaired) electrons. The Morgan fingerprint density at radius 1 is 1.21 bits per heavy atom. The zero-order chi connectivity index (χ0) is 10.6. The van der Waals surface area contributed by atoms with Crippen molar-refractivity contribution in [3.8, 4) is 0 Å². The van der Waals surface area contributed by atoms with E-state index >= 15 is 0 Å². The zero-order valence-electron chi connectivity index (χ0n) is 8.02. The van der Waals surface area contributed by atoms with Crippen LogP contribution in [0.15, 0.2) is 0 Å². The third-order valence-corrected chi connectivity index (χ3v) is 2.72. The van der Waals surface area contributed by atoms with Gasteiger partial charge in [-0.15, -0.1) is 0 Å². The van der Waals surface area contributed by atoms with Gasteiger partial charge in [0.1, 0.15) is 6.61 Å². The maximum absolute atomic E-state index is 11.8. The highest BCUT2D eigenvalue weighted by atomic mass is 19.4. The number of hydrogen-bond donors (Lipinski definition) is 1. The topological polar surface area (TPSA) is 35.2 Å². The first-order valence-corrected chi connectivity index (χ1v) is 4.87. The Balaban J connectivity index is 2.18. The number of halogens is 3. The highest BCUT2D eigenvalue weighted by Crippen LogP contribution is 2.31. The minimum Gasteiger partial charge on any atom is -0.372 e. The number of nitrogens with two attached hydrogens (primary N) is 1. The van der Waals surface area contributed by atoms with Crippen molar-refractivity contribution in [2.24, 2.45) is 17.6 Å². The lowest BCUT2D eigenvalue weighted by molar-refractivity contribution is -0.177. The Morgan fingerprint density at radius 3 is 2.43 bits per heavy atom. The summed E-state index contributed by atoms with van der Waals surface area (Å²) in [6.07, 6.45) is -1.19. The number of alkyl halides is 3. The van der Waals surface area contributed by atoms with Crippen molar-refractivity contribution in [2.45, 2.75) is 25.4 Å². The van der Waals surface area contributed by atoms with Gasteiger partial charge in [-0.25, -0.2) is 0 Å². The lowest BCUT2D eigenvalue weighted by Crippen LogP contribution is -2.25. The van der Waals surface area contributed by atoms with Gasteiger partial charge >= 0.3 is 6.18 Å². The van der Waals surface area contributed by atoms with Crippen LogP contribution in [0, 0.1) is 11.8 Å². The van der Waals surface area contributed by atoms with Crippen LogP contribution >= 0.6 is 0 Å². The smallest absolute Gasteiger partial charge is 0.372 e. The third-order valence-electron chi connectivity index (χ3n) is 2.72. The van der Waals surface area contributed by atoms with Crippen LogP contribution in [0.5, 0.6) is 0 Å². The molecule has 1 aliphatic rings. The molecule has 0 saturated heterocycles. The fourth-order valence-electron chi connectivity index (χ4n) is 1.97. The second kappa shape index (κ2) is 4.98. The molecule has 0 heterocycles. The molecule has 0 aromatic carbocycles. The van der Waals surface area contributed by atoms with Crippen LogP contribution in [0.2, 0.25) is 0 Å². The number of hydrogen-bond acceptors (Lipinski definition) is 2. The summed E-state index contributed by atoms with van der Waals surface area (Å²) in [4.78, 5) is 0. The number of ether oxygens (including phenoxy) is 1. The fraction of sp³-hybridized carbons (Fsp3) is 1.00. The first-order chi connectivity index (χ1) is 6.53. The standard InChI is InChI=1S/C9H16F3NO/c10-9(11,12)6-14-5-8-3-1-2-7(8)4-13/h7-8H,1-6,13H2. The summed E-state index contributed by atoms with van der Waals surface area (Å²) >= 11 is 0. The Bertz CT molecular complexity index is 172. The summed E-state index contributed by atoms with van der Waals surface area (Å²) in [7, 11) is 0. The van der Waals surface area contributed by atoms with E-state index in [9.17, 15) is 13.2 Å². The molecule has 84 valence electrons. The molecule has 1 rings (SSSR count). The van der Waals surface area contributed by atoms with Crippen molar-refractivity contribution in [3.63, 3.8) is 0 Å². The van der Waals surface area contributed by atoms with E-state index in [1.807, 2.05) is 0 Å². The molecule has 2 atom stereocenters. The van der Waals surface area contributed by atoms with E-state index < -0.39 is 12.8 Å². The minimum absolute atomic E-state index is 0.196. The molecule has 2 nitrogen and oxygen atoms in total. The van der Waals surface area contributed by atoms with Gasteiger partial charge in [-0.2, -0.15) is 13.2 Å². The predicted molar refractivity (Wildman–Crippen MR) is 46.8 cm³/mol. The fourth-order valence-corrected chi connectivity index (χ4v) is 1.97. The van der Waals surface area contributed by atoms with Crippen LogP contribution in [-0.2, 0) is 4.74 Å². The Labute approximate surface area is 81.6 Å². The van der Waals surface area contributed by atoms with Crippen LogP contribution in [0.4, 0.5) is 13.2 Å². The van der Waals surface area contributed by atoms with Gasteiger partial charge < -0.3 is 10.5 Å². The molecule has 0 spiro atoms. The Kier molecular flexibility index (Phi) is 4.19. The van der Waals surface area contributed by atoms with Gasteiger partial charge in [0, 0.05) is 0 Å². The molecule has 5 heteroatoms. The van der Waals surface area contributed by atoms with Gasteiger partial charge in [-0.1, -0.05) is 6.42 Å². The summed E-state index contributed by atoms with van der Waals surface area (Å²) in [5.74, 6) is 0.575. The summed E-state index contributed by atoms with van der Waals surface area (Å²) in [5.41, 5.74) is 5.50. The lowest BCUT2D eigenvalue weighted by atomic mass is 9.97. The van der Waals surface area contributed by atoms with Crippen molar-refractivity contribution >= 4 is 0 Å². The minimum atomic E-state index is -4.21. The molecule has 14 heavy (non-hydrogen) atoms. The Hall–Kier alpha value is -0.290. The summed E-state index contributed by atoms with van der Waals surface area (Å²) in [6, 6.07) is 0. The zero-order valence-corrected chi connectivity index (χ0v) is 8.02. The van der Waals surface area contributed by atoms with E-state index in [1.54, 1.807) is 0 Å². The summed E-state index contributed by atoms with van der Waals surface area (Å²) in [5, 5.41) is 0. The molecule has 2 unspecified atom stereocenters. The van der Waals surface area contributed by atoms with Gasteiger partial charge in [0.25, 0.3) is 0 Å². The van der Waals surface area contributed by atoms with Gasteiger partial charge in [0.2, 0.25) is 0 Å². The summed E-state index contributed by atoms with van der Waals surface area (Å²) < 4.78 is 39.9. The molecule has 1 fully saturated rings. The number of rotatable bonds is 4. The normalized spacial score (nSPS) is 28.3. The van der Waals surface area contributed by atoms with Crippen molar-refractivity contribution < 1.29 is 17.9 Å². The quantitative estimate of drug-likeness (QED) is 0.771. The molecule has 2 N–H and O–H groups in total.